The van der Waals surface area contributed by atoms with Crippen LogP contribution in [-0.4, -0.2) is 22.8 Å². The maximum absolute atomic E-state index is 12.7. The van der Waals surface area contributed by atoms with Gasteiger partial charge in [-0.25, -0.2) is 0 Å². The molecule has 0 radical (unpaired) electrons. The van der Waals surface area contributed by atoms with Gasteiger partial charge in [-0.2, -0.15) is 0 Å². The number of hydrogen-bond acceptors (Lipinski definition) is 3. The van der Waals surface area contributed by atoms with Crippen LogP contribution in [0, 0.1) is 0 Å². The Morgan fingerprint density at radius 3 is 2.64 bits per heavy atom. The Morgan fingerprint density at radius 1 is 1.09 bits per heavy atom. The second kappa shape index (κ2) is 6.20. The molecule has 1 amide bonds. The highest BCUT2D eigenvalue weighted by atomic mass is 32.1. The normalized spacial score (nSPS) is 10.6. The van der Waals surface area contributed by atoms with Gasteiger partial charge >= 0.3 is 0 Å². The van der Waals surface area contributed by atoms with Gasteiger partial charge in [-0.05, 0) is 23.8 Å². The molecule has 22 heavy (non-hydrogen) atoms. The molecule has 4 heteroatoms. The summed E-state index contributed by atoms with van der Waals surface area (Å²) in [4.78, 5) is 19.6. The van der Waals surface area contributed by atoms with Crippen molar-refractivity contribution in [2.75, 3.05) is 7.05 Å². The number of pyridine rings is 1. The van der Waals surface area contributed by atoms with E-state index in [-0.39, 0.29) is 5.91 Å². The van der Waals surface area contributed by atoms with Crippen LogP contribution >= 0.6 is 12.6 Å². The van der Waals surface area contributed by atoms with Crippen LogP contribution in [0.25, 0.3) is 10.9 Å². The predicted octanol–water partition coefficient (Wildman–Crippen LogP) is 3.80. The molecule has 0 spiro atoms. The number of amides is 1. The van der Waals surface area contributed by atoms with Gasteiger partial charge in [0, 0.05) is 35.6 Å². The van der Waals surface area contributed by atoms with Gasteiger partial charge in [-0.15, -0.1) is 12.6 Å². The lowest BCUT2D eigenvalue weighted by Crippen LogP contribution is -2.26. The first-order chi connectivity index (χ1) is 10.7. The molecular weight excluding hydrogens is 292 g/mol. The van der Waals surface area contributed by atoms with Gasteiger partial charge < -0.3 is 4.90 Å². The van der Waals surface area contributed by atoms with Gasteiger partial charge in [0.1, 0.15) is 0 Å². The Kier molecular flexibility index (Phi) is 4.11. The molecule has 0 N–H and O–H groups in total. The summed E-state index contributed by atoms with van der Waals surface area (Å²) in [6.07, 6.45) is 1.71. The van der Waals surface area contributed by atoms with E-state index in [1.54, 1.807) is 11.1 Å². The molecule has 1 aromatic heterocycles. The zero-order valence-electron chi connectivity index (χ0n) is 12.2. The Morgan fingerprint density at radius 2 is 1.86 bits per heavy atom. The summed E-state index contributed by atoms with van der Waals surface area (Å²) >= 11 is 4.41. The van der Waals surface area contributed by atoms with E-state index in [0.29, 0.717) is 12.1 Å². The Bertz CT molecular complexity index is 818. The van der Waals surface area contributed by atoms with E-state index >= 15 is 0 Å². The van der Waals surface area contributed by atoms with E-state index in [2.05, 4.69) is 17.6 Å². The van der Waals surface area contributed by atoms with E-state index in [9.17, 15) is 4.79 Å². The van der Waals surface area contributed by atoms with E-state index < -0.39 is 0 Å². The number of hydrogen-bond donors (Lipinski definition) is 1. The summed E-state index contributed by atoms with van der Waals surface area (Å²) in [5, 5.41) is 0.833. The van der Waals surface area contributed by atoms with E-state index in [1.807, 2.05) is 61.6 Å². The number of nitrogens with zero attached hydrogens (tertiary/aromatic N) is 2. The summed E-state index contributed by atoms with van der Waals surface area (Å²) in [6.45, 7) is 0.573. The molecule has 3 nitrogen and oxygen atoms in total. The smallest absolute Gasteiger partial charge is 0.254 e. The van der Waals surface area contributed by atoms with Gasteiger partial charge in [-0.1, -0.05) is 36.4 Å². The standard InChI is InChI=1S/C18H16N2OS/c1-20(12-13-6-3-2-4-7-13)18(21)15-9-10-16(22)17-14(15)8-5-11-19-17/h2-11,22H,12H2,1H3. The highest BCUT2D eigenvalue weighted by molar-refractivity contribution is 7.80. The lowest BCUT2D eigenvalue weighted by Gasteiger charge is -2.18. The maximum Gasteiger partial charge on any atom is 0.254 e. The highest BCUT2D eigenvalue weighted by Gasteiger charge is 2.16. The lowest BCUT2D eigenvalue weighted by molar-refractivity contribution is 0.0787. The third-order valence-corrected chi connectivity index (χ3v) is 3.95. The number of benzene rings is 2. The third kappa shape index (κ3) is 2.83. The topological polar surface area (TPSA) is 33.2 Å². The summed E-state index contributed by atoms with van der Waals surface area (Å²) < 4.78 is 0. The fourth-order valence-corrected chi connectivity index (χ4v) is 2.73. The minimum absolute atomic E-state index is 0.0183. The predicted molar refractivity (Wildman–Crippen MR) is 91.2 cm³/mol. The molecule has 0 aliphatic carbocycles. The van der Waals surface area contributed by atoms with Gasteiger partial charge in [0.15, 0.2) is 0 Å². The molecular formula is C18H16N2OS. The molecule has 0 fully saturated rings. The van der Waals surface area contributed by atoms with Crippen LogP contribution in [0.5, 0.6) is 0 Å². The first-order valence-electron chi connectivity index (χ1n) is 7.03. The van der Waals surface area contributed by atoms with Gasteiger partial charge in [-0.3, -0.25) is 9.78 Å². The molecule has 0 aliphatic rings. The minimum Gasteiger partial charge on any atom is -0.337 e. The fraction of sp³-hybridized carbons (Fsp3) is 0.111. The average molecular weight is 308 g/mol. The van der Waals surface area contributed by atoms with Crippen molar-refractivity contribution in [1.82, 2.24) is 9.88 Å². The molecule has 3 aromatic rings. The Balaban J connectivity index is 1.94. The van der Waals surface area contributed by atoms with Crippen molar-refractivity contribution < 1.29 is 4.79 Å². The van der Waals surface area contributed by atoms with Crippen molar-refractivity contribution >= 4 is 29.4 Å². The van der Waals surface area contributed by atoms with Crippen molar-refractivity contribution in [1.29, 1.82) is 0 Å². The molecule has 110 valence electrons. The largest absolute Gasteiger partial charge is 0.337 e. The van der Waals surface area contributed by atoms with Crippen molar-refractivity contribution in [3.8, 4) is 0 Å². The van der Waals surface area contributed by atoms with Crippen molar-refractivity contribution in [3.63, 3.8) is 0 Å². The third-order valence-electron chi connectivity index (χ3n) is 3.59. The number of carbonyl (C=O) groups excluding carboxylic acids is 1. The maximum atomic E-state index is 12.7. The number of rotatable bonds is 3. The molecule has 0 atom stereocenters. The molecule has 0 aliphatic heterocycles. The second-order valence-corrected chi connectivity index (χ2v) is 5.66. The molecule has 3 rings (SSSR count). The van der Waals surface area contributed by atoms with E-state index in [0.717, 1.165) is 21.4 Å². The van der Waals surface area contributed by atoms with Crippen LogP contribution in [0.1, 0.15) is 15.9 Å². The molecule has 0 unspecified atom stereocenters. The van der Waals surface area contributed by atoms with Crippen molar-refractivity contribution in [2.24, 2.45) is 0 Å². The van der Waals surface area contributed by atoms with Crippen LogP contribution in [0.3, 0.4) is 0 Å². The summed E-state index contributed by atoms with van der Waals surface area (Å²) in [7, 11) is 1.81. The number of thiol groups is 1. The van der Waals surface area contributed by atoms with Crippen LogP contribution in [0.15, 0.2) is 65.7 Å². The number of aromatic nitrogens is 1. The van der Waals surface area contributed by atoms with Gasteiger partial charge in [0.25, 0.3) is 5.91 Å². The van der Waals surface area contributed by atoms with Gasteiger partial charge in [0.05, 0.1) is 5.52 Å². The van der Waals surface area contributed by atoms with Crippen LogP contribution in [0.4, 0.5) is 0 Å². The monoisotopic (exact) mass is 308 g/mol. The number of fused-ring (bicyclic) bond motifs is 1. The molecule has 0 saturated heterocycles. The zero-order valence-corrected chi connectivity index (χ0v) is 13.1. The lowest BCUT2D eigenvalue weighted by atomic mass is 10.1. The Hall–Kier alpha value is -2.33. The highest BCUT2D eigenvalue weighted by Crippen LogP contribution is 2.24. The SMILES string of the molecule is CN(Cc1ccccc1)C(=O)c1ccc(S)c2ncccc12. The molecule has 1 heterocycles. The van der Waals surface area contributed by atoms with Crippen LogP contribution in [0.2, 0.25) is 0 Å². The minimum atomic E-state index is -0.0183. The molecule has 0 saturated carbocycles. The summed E-state index contributed by atoms with van der Waals surface area (Å²) in [5.74, 6) is -0.0183. The van der Waals surface area contributed by atoms with E-state index in [1.165, 1.54) is 0 Å². The Labute approximate surface area is 135 Å². The number of carbonyl (C=O) groups is 1. The van der Waals surface area contributed by atoms with Crippen molar-refractivity contribution in [2.45, 2.75) is 11.4 Å². The van der Waals surface area contributed by atoms with Crippen LogP contribution < -0.4 is 0 Å². The summed E-state index contributed by atoms with van der Waals surface area (Å²) in [6, 6.07) is 17.3. The molecule has 2 aromatic carbocycles. The first-order valence-corrected chi connectivity index (χ1v) is 7.47. The zero-order chi connectivity index (χ0) is 15.5. The quantitative estimate of drug-likeness (QED) is 0.747. The van der Waals surface area contributed by atoms with Crippen molar-refractivity contribution in [3.05, 3.63) is 71.9 Å². The average Bonchev–Trinajstić information content (AvgIpc) is 2.56. The second-order valence-electron chi connectivity index (χ2n) is 5.18. The fourth-order valence-electron chi connectivity index (χ4n) is 2.48. The van der Waals surface area contributed by atoms with Gasteiger partial charge in [0.2, 0.25) is 0 Å². The van der Waals surface area contributed by atoms with Crippen LogP contribution in [-0.2, 0) is 6.54 Å². The first kappa shape index (κ1) is 14.6. The van der Waals surface area contributed by atoms with E-state index in [4.69, 9.17) is 0 Å². The summed E-state index contributed by atoms with van der Waals surface area (Å²) in [5.41, 5.74) is 2.51. The molecule has 0 bridgehead atoms.